The third kappa shape index (κ3) is 13.0. The molecule has 0 bridgehead atoms. The summed E-state index contributed by atoms with van der Waals surface area (Å²) in [6.45, 7) is 2.18. The average Bonchev–Trinajstić information content (AvgIpc) is 2.12. The Bertz CT molecular complexity index is 202. The van der Waals surface area contributed by atoms with Gasteiger partial charge in [0.05, 0.1) is 12.6 Å². The minimum atomic E-state index is -4.84. The molecule has 0 radical (unpaired) electrons. The maximum atomic E-state index is 10.6. The first-order chi connectivity index (χ1) is 8.14. The van der Waals surface area contributed by atoms with Crippen molar-refractivity contribution in [3.05, 3.63) is 0 Å². The Morgan fingerprint density at radius 1 is 0.722 bits per heavy atom. The molecule has 0 aliphatic rings. The molecule has 0 aliphatic heterocycles. The molecule has 0 N–H and O–H groups in total. The van der Waals surface area contributed by atoms with Crippen LogP contribution in [0.1, 0.15) is 39.0 Å². The van der Waals surface area contributed by atoms with Crippen LogP contribution < -0.4 is 29.4 Å². The summed E-state index contributed by atoms with van der Waals surface area (Å²) in [6, 6.07) is 0. The average molecular weight is 299 g/mol. The van der Waals surface area contributed by atoms with Gasteiger partial charge in [-0.1, -0.05) is 32.6 Å². The van der Waals surface area contributed by atoms with Crippen molar-refractivity contribution in [3.63, 3.8) is 0 Å². The SMILES string of the molecule is CCCCCCCN(C[P+]([O-])([O-])[O-])C[P+]([O-])([O-])[O-]. The molecule has 0 rings (SSSR count). The molecule has 9 heteroatoms. The van der Waals surface area contributed by atoms with Gasteiger partial charge in [0.25, 0.3) is 0 Å². The molecule has 0 aromatic carbocycles. The number of nitrogens with zero attached hydrogens (tertiary/aromatic N) is 1. The van der Waals surface area contributed by atoms with Crippen LogP contribution >= 0.6 is 15.9 Å². The second-order valence-corrected chi connectivity index (χ2v) is 7.32. The minimum Gasteiger partial charge on any atom is -0.687 e. The standard InChI is InChI=1S/C9H23NO6P2/c1-2-3-4-5-6-7-10(8-17(11,12)13)9-18(14,15)16/h2-9H2,1H3,(H2,11,12,13)(H2,14,15,16)/p-4. The minimum absolute atomic E-state index is 0.132. The molecule has 18 heavy (non-hydrogen) atoms. The van der Waals surface area contributed by atoms with Crippen LogP contribution in [0.5, 0.6) is 0 Å². The monoisotopic (exact) mass is 299 g/mol. The van der Waals surface area contributed by atoms with Gasteiger partial charge in [-0.2, -0.15) is 0 Å². The van der Waals surface area contributed by atoms with Crippen molar-refractivity contribution in [2.75, 3.05) is 19.1 Å². The molecular formula is C9H19NO6P2-4. The summed E-state index contributed by atoms with van der Waals surface area (Å²) >= 11 is 0. The lowest BCUT2D eigenvalue weighted by atomic mass is 10.1. The van der Waals surface area contributed by atoms with Crippen LogP contribution in [0, 0.1) is 0 Å². The highest BCUT2D eigenvalue weighted by molar-refractivity contribution is 7.55. The van der Waals surface area contributed by atoms with Gasteiger partial charge in [0.2, 0.25) is 0 Å². The lowest BCUT2D eigenvalue weighted by Gasteiger charge is -2.49. The Labute approximate surface area is 109 Å². The van der Waals surface area contributed by atoms with Crippen molar-refractivity contribution < 1.29 is 29.4 Å². The lowest BCUT2D eigenvalue weighted by Crippen LogP contribution is -2.47. The number of unbranched alkanes of at least 4 members (excludes halogenated alkanes) is 4. The summed E-state index contributed by atoms with van der Waals surface area (Å²) in [5, 5.41) is 0. The fraction of sp³-hybridized carbons (Fsp3) is 1.00. The molecule has 0 saturated heterocycles. The molecule has 110 valence electrons. The normalized spacial score (nSPS) is 13.3. The van der Waals surface area contributed by atoms with E-state index in [0.29, 0.717) is 6.42 Å². The van der Waals surface area contributed by atoms with E-state index in [1.807, 2.05) is 6.92 Å². The number of hydrogen-bond acceptors (Lipinski definition) is 7. The molecule has 0 amide bonds. The van der Waals surface area contributed by atoms with Gasteiger partial charge in [-0.3, -0.25) is 0 Å². The largest absolute Gasteiger partial charge is 0.687 e. The number of rotatable bonds is 10. The quantitative estimate of drug-likeness (QED) is 0.306. The van der Waals surface area contributed by atoms with Crippen LogP contribution in [0.4, 0.5) is 0 Å². The van der Waals surface area contributed by atoms with Crippen molar-refractivity contribution in [2.24, 2.45) is 0 Å². The van der Waals surface area contributed by atoms with Gasteiger partial charge >= 0.3 is 0 Å². The summed E-state index contributed by atoms with van der Waals surface area (Å²) in [5.74, 6) is 0. The molecule has 0 unspecified atom stereocenters. The van der Waals surface area contributed by atoms with Gasteiger partial charge in [-0.25, -0.2) is 4.90 Å². The van der Waals surface area contributed by atoms with E-state index in [2.05, 4.69) is 0 Å². The highest BCUT2D eigenvalue weighted by atomic mass is 31.2. The Morgan fingerprint density at radius 3 is 1.56 bits per heavy atom. The molecule has 0 aromatic rings. The summed E-state index contributed by atoms with van der Waals surface area (Å²) in [4.78, 5) is 64.5. The van der Waals surface area contributed by atoms with E-state index in [1.54, 1.807) is 0 Å². The molecule has 0 aliphatic carbocycles. The van der Waals surface area contributed by atoms with Gasteiger partial charge in [-0.15, -0.1) is 15.9 Å². The Kier molecular flexibility index (Phi) is 8.97. The Balaban J connectivity index is 4.06. The van der Waals surface area contributed by atoms with E-state index in [9.17, 15) is 29.4 Å². The topological polar surface area (TPSA) is 142 Å². The van der Waals surface area contributed by atoms with E-state index in [0.717, 1.165) is 30.6 Å². The molecule has 0 fully saturated rings. The van der Waals surface area contributed by atoms with Crippen molar-refractivity contribution in [3.8, 4) is 0 Å². The smallest absolute Gasteiger partial charge is 0.0970 e. The molecular weight excluding hydrogens is 280 g/mol. The fourth-order valence-electron chi connectivity index (χ4n) is 1.62. The summed E-state index contributed by atoms with van der Waals surface area (Å²) in [6.07, 6.45) is 2.63. The van der Waals surface area contributed by atoms with Crippen LogP contribution in [0.25, 0.3) is 0 Å². The molecule has 0 spiro atoms. The molecule has 0 saturated carbocycles. The highest BCUT2D eigenvalue weighted by Gasteiger charge is 2.13. The van der Waals surface area contributed by atoms with Crippen LogP contribution in [0.15, 0.2) is 0 Å². The van der Waals surface area contributed by atoms with Gasteiger partial charge in [-0.05, 0) is 6.42 Å². The molecule has 0 aromatic heterocycles. The summed E-state index contributed by atoms with van der Waals surface area (Å²) in [5.41, 5.74) is 0. The van der Waals surface area contributed by atoms with Gasteiger partial charge < -0.3 is 29.4 Å². The van der Waals surface area contributed by atoms with E-state index >= 15 is 0 Å². The second-order valence-electron chi connectivity index (χ2n) is 4.31. The fourth-order valence-corrected chi connectivity index (χ4v) is 3.24. The zero-order valence-electron chi connectivity index (χ0n) is 10.4. The van der Waals surface area contributed by atoms with E-state index < -0.39 is 28.5 Å². The van der Waals surface area contributed by atoms with Crippen molar-refractivity contribution >= 4 is 15.9 Å². The Hall–Kier alpha value is 0.580. The van der Waals surface area contributed by atoms with Gasteiger partial charge in [0, 0.05) is 6.54 Å². The highest BCUT2D eigenvalue weighted by Crippen LogP contribution is 2.34. The maximum absolute atomic E-state index is 10.6. The van der Waals surface area contributed by atoms with E-state index in [4.69, 9.17) is 0 Å². The van der Waals surface area contributed by atoms with Crippen LogP contribution in [0.2, 0.25) is 0 Å². The zero-order chi connectivity index (χ0) is 14.2. The summed E-state index contributed by atoms with van der Waals surface area (Å²) < 4.78 is 0. The van der Waals surface area contributed by atoms with Crippen LogP contribution in [0.3, 0.4) is 0 Å². The van der Waals surface area contributed by atoms with E-state index in [1.165, 1.54) is 0 Å². The third-order valence-electron chi connectivity index (χ3n) is 2.32. The first-order valence-corrected chi connectivity index (χ1v) is 9.34. The first-order valence-electron chi connectivity index (χ1n) is 5.88. The predicted octanol–water partition coefficient (Wildman–Crippen LogP) is -3.14. The zero-order valence-corrected chi connectivity index (χ0v) is 12.2. The van der Waals surface area contributed by atoms with Crippen LogP contribution in [-0.2, 0) is 0 Å². The van der Waals surface area contributed by atoms with E-state index in [-0.39, 0.29) is 6.54 Å². The maximum Gasteiger partial charge on any atom is 0.0970 e. The summed E-state index contributed by atoms with van der Waals surface area (Å²) in [7, 11) is -9.68. The van der Waals surface area contributed by atoms with Crippen molar-refractivity contribution in [1.82, 2.24) is 4.90 Å². The van der Waals surface area contributed by atoms with Crippen LogP contribution in [-0.4, -0.2) is 24.0 Å². The van der Waals surface area contributed by atoms with Gasteiger partial charge in [0.1, 0.15) is 0 Å². The lowest BCUT2D eigenvalue weighted by molar-refractivity contribution is -0.431. The van der Waals surface area contributed by atoms with Crippen molar-refractivity contribution in [2.45, 2.75) is 39.0 Å². The second kappa shape index (κ2) is 8.69. The Morgan fingerprint density at radius 2 is 1.17 bits per heavy atom. The van der Waals surface area contributed by atoms with Gasteiger partial charge in [0.15, 0.2) is 0 Å². The van der Waals surface area contributed by atoms with Crippen molar-refractivity contribution in [1.29, 1.82) is 0 Å². The molecule has 7 nitrogen and oxygen atoms in total. The predicted molar refractivity (Wildman–Crippen MR) is 59.0 cm³/mol. The molecule has 0 atom stereocenters. The number of hydrogen-bond donors (Lipinski definition) is 0. The molecule has 0 heterocycles. The first kappa shape index (κ1) is 18.6. The third-order valence-corrected chi connectivity index (χ3v) is 3.82.